The van der Waals surface area contributed by atoms with Crippen LogP contribution in [0, 0.1) is 5.92 Å². The van der Waals surface area contributed by atoms with Crippen LogP contribution in [0.3, 0.4) is 0 Å². The van der Waals surface area contributed by atoms with Crippen LogP contribution in [0.2, 0.25) is 0 Å². The number of nitrogens with one attached hydrogen (secondary N) is 2. The van der Waals surface area contributed by atoms with Gasteiger partial charge in [-0.1, -0.05) is 13.8 Å². The Bertz CT molecular complexity index is 256. The summed E-state index contributed by atoms with van der Waals surface area (Å²) in [6.45, 7) is 8.05. The fraction of sp³-hybridized carbons (Fsp3) is 0.778. The molecular formula is C9H19N5. The van der Waals surface area contributed by atoms with Crippen LogP contribution in [-0.2, 0) is 0 Å². The highest BCUT2D eigenvalue weighted by molar-refractivity contribution is 5.92. The molecule has 0 amide bonds. The maximum Gasteiger partial charge on any atom is 0.199 e. The lowest BCUT2D eigenvalue weighted by molar-refractivity contribution is 0.291. The highest BCUT2D eigenvalue weighted by Gasteiger charge is 2.31. The van der Waals surface area contributed by atoms with E-state index in [0.29, 0.717) is 5.96 Å². The summed E-state index contributed by atoms with van der Waals surface area (Å²) < 4.78 is 0. The normalized spacial score (nSPS) is 29.5. The van der Waals surface area contributed by atoms with Gasteiger partial charge in [0.1, 0.15) is 0 Å². The van der Waals surface area contributed by atoms with E-state index in [0.717, 1.165) is 0 Å². The van der Waals surface area contributed by atoms with Gasteiger partial charge in [-0.3, -0.25) is 10.7 Å². The molecular weight excluding hydrogens is 178 g/mol. The highest BCUT2D eigenvalue weighted by Crippen LogP contribution is 2.12. The monoisotopic (exact) mass is 197 g/mol. The lowest BCUT2D eigenvalue weighted by atomic mass is 10.1. The van der Waals surface area contributed by atoms with E-state index < -0.39 is 5.79 Å². The molecule has 0 radical (unpaired) electrons. The Morgan fingerprint density at radius 3 is 2.57 bits per heavy atom. The smallest absolute Gasteiger partial charge is 0.199 e. The molecule has 0 aromatic heterocycles. The van der Waals surface area contributed by atoms with Crippen molar-refractivity contribution in [3.05, 3.63) is 0 Å². The summed E-state index contributed by atoms with van der Waals surface area (Å²) in [5.74, 6) is 0.156. The van der Waals surface area contributed by atoms with Gasteiger partial charge in [0.15, 0.2) is 11.7 Å². The Hall–Kier alpha value is -1.10. The SMILES string of the molecule is CC(C)N=C1NC=NC(N)(C(C)C)N1. The summed E-state index contributed by atoms with van der Waals surface area (Å²) in [5.41, 5.74) is 6.04. The van der Waals surface area contributed by atoms with Gasteiger partial charge >= 0.3 is 0 Å². The van der Waals surface area contributed by atoms with E-state index in [1.165, 1.54) is 0 Å². The van der Waals surface area contributed by atoms with Crippen LogP contribution in [0.1, 0.15) is 27.7 Å². The predicted octanol–water partition coefficient (Wildman–Crippen LogP) is 0.240. The topological polar surface area (TPSA) is 74.8 Å². The number of aliphatic imine (C=N–C) groups is 2. The van der Waals surface area contributed by atoms with E-state index in [4.69, 9.17) is 5.73 Å². The van der Waals surface area contributed by atoms with E-state index in [1.54, 1.807) is 6.34 Å². The Balaban J connectivity index is 2.79. The molecule has 0 saturated carbocycles. The first-order valence-corrected chi connectivity index (χ1v) is 4.89. The van der Waals surface area contributed by atoms with Gasteiger partial charge < -0.3 is 10.6 Å². The summed E-state index contributed by atoms with van der Waals surface area (Å²) in [5, 5.41) is 6.01. The number of nitrogens with zero attached hydrogens (tertiary/aromatic N) is 2. The van der Waals surface area contributed by atoms with E-state index in [-0.39, 0.29) is 12.0 Å². The maximum atomic E-state index is 6.04. The van der Waals surface area contributed by atoms with Gasteiger partial charge in [-0.25, -0.2) is 4.99 Å². The fourth-order valence-electron chi connectivity index (χ4n) is 1.08. The van der Waals surface area contributed by atoms with Gasteiger partial charge in [0, 0.05) is 12.0 Å². The van der Waals surface area contributed by atoms with Gasteiger partial charge in [0.25, 0.3) is 0 Å². The van der Waals surface area contributed by atoms with Crippen molar-refractivity contribution in [3.8, 4) is 0 Å². The second kappa shape index (κ2) is 3.96. The quantitative estimate of drug-likeness (QED) is 0.593. The zero-order chi connectivity index (χ0) is 10.8. The van der Waals surface area contributed by atoms with Crippen molar-refractivity contribution in [1.82, 2.24) is 10.6 Å². The van der Waals surface area contributed by atoms with E-state index in [9.17, 15) is 0 Å². The zero-order valence-corrected chi connectivity index (χ0v) is 9.20. The molecule has 0 aliphatic carbocycles. The van der Waals surface area contributed by atoms with Gasteiger partial charge in [-0.15, -0.1) is 0 Å². The molecule has 5 nitrogen and oxygen atoms in total. The van der Waals surface area contributed by atoms with Crippen molar-refractivity contribution in [2.45, 2.75) is 39.5 Å². The van der Waals surface area contributed by atoms with Gasteiger partial charge in [0.2, 0.25) is 0 Å². The molecule has 4 N–H and O–H groups in total. The third-order valence-corrected chi connectivity index (χ3v) is 2.07. The molecule has 1 heterocycles. The van der Waals surface area contributed by atoms with Crippen molar-refractivity contribution < 1.29 is 0 Å². The summed E-state index contributed by atoms with van der Waals surface area (Å²) >= 11 is 0. The molecule has 14 heavy (non-hydrogen) atoms. The Kier molecular flexibility index (Phi) is 3.10. The van der Waals surface area contributed by atoms with Gasteiger partial charge in [-0.2, -0.15) is 0 Å². The predicted molar refractivity (Wildman–Crippen MR) is 59.1 cm³/mol. The van der Waals surface area contributed by atoms with Gasteiger partial charge in [0.05, 0.1) is 6.34 Å². The minimum Gasteiger partial charge on any atom is -0.319 e. The average Bonchev–Trinajstić information content (AvgIpc) is 2.02. The molecule has 1 atom stereocenters. The molecule has 80 valence electrons. The first-order chi connectivity index (χ1) is 6.44. The first kappa shape index (κ1) is 11.0. The molecule has 5 heteroatoms. The molecule has 0 aromatic rings. The highest BCUT2D eigenvalue weighted by atomic mass is 15.4. The molecule has 0 spiro atoms. The minimum absolute atomic E-state index is 0.207. The lowest BCUT2D eigenvalue weighted by Crippen LogP contribution is -2.64. The third-order valence-electron chi connectivity index (χ3n) is 2.07. The van der Waals surface area contributed by atoms with E-state index in [2.05, 4.69) is 20.6 Å². The maximum absolute atomic E-state index is 6.04. The summed E-state index contributed by atoms with van der Waals surface area (Å²) in [6.07, 6.45) is 1.59. The largest absolute Gasteiger partial charge is 0.319 e. The Labute approximate surface area is 84.9 Å². The lowest BCUT2D eigenvalue weighted by Gasteiger charge is -2.34. The average molecular weight is 197 g/mol. The molecule has 0 bridgehead atoms. The second-order valence-electron chi connectivity index (χ2n) is 4.08. The van der Waals surface area contributed by atoms with Crippen LogP contribution in [0.15, 0.2) is 9.98 Å². The molecule has 0 aromatic carbocycles. The summed E-state index contributed by atoms with van der Waals surface area (Å²) in [7, 11) is 0. The van der Waals surface area contributed by atoms with Crippen molar-refractivity contribution in [2.75, 3.05) is 0 Å². The summed E-state index contributed by atoms with van der Waals surface area (Å²) in [4.78, 5) is 8.51. The Morgan fingerprint density at radius 2 is 2.07 bits per heavy atom. The van der Waals surface area contributed by atoms with Crippen LogP contribution in [0.5, 0.6) is 0 Å². The van der Waals surface area contributed by atoms with Crippen molar-refractivity contribution in [1.29, 1.82) is 0 Å². The zero-order valence-electron chi connectivity index (χ0n) is 9.20. The summed E-state index contributed by atoms with van der Waals surface area (Å²) in [6, 6.07) is 0.230. The first-order valence-electron chi connectivity index (χ1n) is 4.89. The van der Waals surface area contributed by atoms with Crippen LogP contribution < -0.4 is 16.4 Å². The van der Waals surface area contributed by atoms with E-state index in [1.807, 2.05) is 27.7 Å². The molecule has 1 aliphatic heterocycles. The standard InChI is InChI=1S/C9H19N5/c1-6(2)9(10)12-5-11-8(14-9)13-7(3)4/h5-7H,10H2,1-4H3,(H2,11,12,13,14). The molecule has 1 unspecified atom stereocenters. The number of guanidine groups is 1. The molecule has 0 fully saturated rings. The van der Waals surface area contributed by atoms with Crippen LogP contribution >= 0.6 is 0 Å². The van der Waals surface area contributed by atoms with Crippen LogP contribution in [0.4, 0.5) is 0 Å². The molecule has 1 aliphatic rings. The fourth-order valence-corrected chi connectivity index (χ4v) is 1.08. The van der Waals surface area contributed by atoms with Crippen LogP contribution in [-0.4, -0.2) is 24.1 Å². The Morgan fingerprint density at radius 1 is 1.43 bits per heavy atom. The molecule has 1 rings (SSSR count). The van der Waals surface area contributed by atoms with Crippen molar-refractivity contribution in [2.24, 2.45) is 21.6 Å². The second-order valence-corrected chi connectivity index (χ2v) is 4.08. The number of nitrogens with two attached hydrogens (primary N) is 1. The molecule has 0 saturated heterocycles. The number of rotatable bonds is 2. The van der Waals surface area contributed by atoms with Crippen molar-refractivity contribution >= 4 is 12.3 Å². The van der Waals surface area contributed by atoms with E-state index >= 15 is 0 Å². The van der Waals surface area contributed by atoms with Crippen LogP contribution in [0.25, 0.3) is 0 Å². The minimum atomic E-state index is -0.737. The number of hydrogen-bond donors (Lipinski definition) is 3. The van der Waals surface area contributed by atoms with Gasteiger partial charge in [-0.05, 0) is 13.8 Å². The number of hydrogen-bond acceptors (Lipinski definition) is 3. The third kappa shape index (κ3) is 2.45. The van der Waals surface area contributed by atoms with Crippen molar-refractivity contribution in [3.63, 3.8) is 0 Å².